The van der Waals surface area contributed by atoms with Crippen LogP contribution in [0, 0.1) is 18.7 Å². The Balaban J connectivity index is 1.33. The minimum Gasteiger partial charge on any atom is -0.263 e. The molecule has 8 heteroatoms. The highest BCUT2D eigenvalue weighted by molar-refractivity contribution is 7.89. The highest BCUT2D eigenvalue weighted by Crippen LogP contribution is 2.70. The van der Waals surface area contributed by atoms with Crippen LogP contribution in [0.1, 0.15) is 22.6 Å². The summed E-state index contributed by atoms with van der Waals surface area (Å²) in [5.74, 6) is 0.105. The summed E-state index contributed by atoms with van der Waals surface area (Å²) in [6.45, 7) is 2.96. The average Bonchev–Trinajstić information content (AvgIpc) is 3.20. The molecule has 190 valence electrons. The fourth-order valence-corrected chi connectivity index (χ4v) is 8.00. The Morgan fingerprint density at radius 1 is 0.974 bits per heavy atom. The number of halogens is 1. The highest BCUT2D eigenvalue weighted by Gasteiger charge is 2.71. The number of sulfonamides is 1. The summed E-state index contributed by atoms with van der Waals surface area (Å²) in [5, 5.41) is 5.56. The lowest BCUT2D eigenvalue weighted by molar-refractivity contribution is 0.421. The maximum absolute atomic E-state index is 13.5. The Labute approximate surface area is 220 Å². The molecule has 38 heavy (non-hydrogen) atoms. The van der Waals surface area contributed by atoms with Crippen LogP contribution < -0.4 is 0 Å². The maximum atomic E-state index is 13.5. The third-order valence-corrected chi connectivity index (χ3v) is 10.1. The Kier molecular flexibility index (Phi) is 5.09. The first-order chi connectivity index (χ1) is 18.4. The smallest absolute Gasteiger partial charge is 0.244 e. The molecular weight excluding hydrogens is 499 g/mol. The first kappa shape index (κ1) is 23.3. The second-order valence-electron chi connectivity index (χ2n) is 10.3. The van der Waals surface area contributed by atoms with E-state index < -0.39 is 10.0 Å². The monoisotopic (exact) mass is 524 g/mol. The molecule has 0 N–H and O–H groups in total. The predicted octanol–water partition coefficient (Wildman–Crippen LogP) is 5.22. The van der Waals surface area contributed by atoms with Crippen LogP contribution in [-0.4, -0.2) is 40.6 Å². The third-order valence-electron chi connectivity index (χ3n) is 8.27. The highest BCUT2D eigenvalue weighted by atomic mass is 32.2. The molecule has 0 unspecified atom stereocenters. The lowest BCUT2D eigenvalue weighted by Gasteiger charge is -2.25. The molecule has 7 rings (SSSR count). The Morgan fingerprint density at radius 2 is 1.76 bits per heavy atom. The van der Waals surface area contributed by atoms with E-state index in [1.165, 1.54) is 23.9 Å². The van der Waals surface area contributed by atoms with Gasteiger partial charge in [0.1, 0.15) is 10.7 Å². The molecule has 2 aromatic heterocycles. The number of fused-ring (bicyclic) bond motifs is 2. The number of hydrogen-bond donors (Lipinski definition) is 0. The molecule has 3 heterocycles. The molecule has 2 fully saturated rings. The fraction of sp³-hybridized carbons (Fsp3) is 0.200. The van der Waals surface area contributed by atoms with Crippen LogP contribution >= 0.6 is 0 Å². The summed E-state index contributed by atoms with van der Waals surface area (Å²) in [6, 6.07) is 24.2. The Bertz CT molecular complexity index is 1770. The van der Waals surface area contributed by atoms with Gasteiger partial charge in [-0.3, -0.25) is 4.98 Å². The van der Waals surface area contributed by atoms with E-state index >= 15 is 0 Å². The van der Waals surface area contributed by atoms with Crippen LogP contribution in [0.3, 0.4) is 0 Å². The van der Waals surface area contributed by atoms with E-state index in [0.29, 0.717) is 13.1 Å². The fourth-order valence-electron chi connectivity index (χ4n) is 6.52. The van der Waals surface area contributed by atoms with E-state index in [9.17, 15) is 12.8 Å². The van der Waals surface area contributed by atoms with Crippen LogP contribution in [0.5, 0.6) is 0 Å². The van der Waals surface area contributed by atoms with Gasteiger partial charge in [-0.15, -0.1) is 0 Å². The SMILES string of the molecule is Cc1cc2c(cnn2-c2ccc(F)cc2)cc1[C@@]12CN(S(=O)(=O)c3cccnc3)C[C@@H]1[C@H]2c1ccccc1. The molecule has 3 atom stereocenters. The number of pyridine rings is 1. The van der Waals surface area contributed by atoms with Gasteiger partial charge in [0.15, 0.2) is 0 Å². The van der Waals surface area contributed by atoms with E-state index in [4.69, 9.17) is 0 Å². The summed E-state index contributed by atoms with van der Waals surface area (Å²) in [4.78, 5) is 4.26. The van der Waals surface area contributed by atoms with Crippen molar-refractivity contribution in [2.45, 2.75) is 23.2 Å². The molecule has 0 bridgehead atoms. The molecule has 1 saturated heterocycles. The second kappa shape index (κ2) is 8.31. The second-order valence-corrected chi connectivity index (χ2v) is 12.2. The number of aryl methyl sites for hydroxylation is 1. The number of rotatable bonds is 5. The molecule has 0 amide bonds. The van der Waals surface area contributed by atoms with Gasteiger partial charge in [0, 0.05) is 42.2 Å². The summed E-state index contributed by atoms with van der Waals surface area (Å²) in [6.07, 6.45) is 4.83. The minimum absolute atomic E-state index is 0.166. The van der Waals surface area contributed by atoms with Crippen LogP contribution in [0.4, 0.5) is 4.39 Å². The van der Waals surface area contributed by atoms with Crippen molar-refractivity contribution < 1.29 is 12.8 Å². The zero-order valence-corrected chi connectivity index (χ0v) is 21.5. The summed E-state index contributed by atoms with van der Waals surface area (Å²) < 4.78 is 44.0. The van der Waals surface area contributed by atoms with Crippen molar-refractivity contribution in [3.05, 3.63) is 120 Å². The molecule has 1 aliphatic heterocycles. The van der Waals surface area contributed by atoms with Gasteiger partial charge in [-0.2, -0.15) is 9.40 Å². The van der Waals surface area contributed by atoms with E-state index in [2.05, 4.69) is 41.3 Å². The first-order valence-corrected chi connectivity index (χ1v) is 14.0. The van der Waals surface area contributed by atoms with Crippen molar-refractivity contribution in [3.8, 4) is 5.69 Å². The van der Waals surface area contributed by atoms with Gasteiger partial charge in [-0.25, -0.2) is 17.5 Å². The van der Waals surface area contributed by atoms with Crippen molar-refractivity contribution >= 4 is 20.9 Å². The van der Waals surface area contributed by atoms with E-state index in [0.717, 1.165) is 27.7 Å². The normalized spacial score (nSPS) is 23.0. The van der Waals surface area contributed by atoms with Gasteiger partial charge >= 0.3 is 0 Å². The van der Waals surface area contributed by atoms with Crippen molar-refractivity contribution in [2.75, 3.05) is 13.1 Å². The van der Waals surface area contributed by atoms with E-state index in [1.54, 1.807) is 34.8 Å². The third kappa shape index (κ3) is 3.37. The van der Waals surface area contributed by atoms with E-state index in [-0.39, 0.29) is 28.0 Å². The molecule has 5 aromatic rings. The van der Waals surface area contributed by atoms with Crippen LogP contribution in [0.2, 0.25) is 0 Å². The van der Waals surface area contributed by atoms with Crippen LogP contribution in [-0.2, 0) is 15.4 Å². The molecule has 0 spiro atoms. The van der Waals surface area contributed by atoms with Gasteiger partial charge in [-0.1, -0.05) is 30.3 Å². The number of aromatic nitrogens is 3. The number of piperidine rings is 1. The van der Waals surface area contributed by atoms with Crippen LogP contribution in [0.25, 0.3) is 16.6 Å². The van der Waals surface area contributed by atoms with Gasteiger partial charge in [0.25, 0.3) is 0 Å². The lowest BCUT2D eigenvalue weighted by atomic mass is 9.87. The van der Waals surface area contributed by atoms with E-state index in [1.807, 2.05) is 29.1 Å². The molecular formula is C30H25FN4O2S. The summed E-state index contributed by atoms with van der Waals surface area (Å²) in [5.41, 5.74) is 4.87. The first-order valence-electron chi connectivity index (χ1n) is 12.6. The molecule has 3 aromatic carbocycles. The molecule has 1 saturated carbocycles. The number of nitrogens with zero attached hydrogens (tertiary/aromatic N) is 4. The van der Waals surface area contributed by atoms with Crippen molar-refractivity contribution in [1.82, 2.24) is 19.1 Å². The van der Waals surface area contributed by atoms with Crippen molar-refractivity contribution in [1.29, 1.82) is 0 Å². The zero-order chi connectivity index (χ0) is 26.1. The van der Waals surface area contributed by atoms with Gasteiger partial charge in [0.05, 0.1) is 17.4 Å². The number of benzene rings is 3. The molecule has 6 nitrogen and oxygen atoms in total. The molecule has 1 aliphatic carbocycles. The molecule has 2 aliphatic rings. The maximum Gasteiger partial charge on any atom is 0.244 e. The minimum atomic E-state index is -3.66. The Morgan fingerprint density at radius 3 is 2.50 bits per heavy atom. The van der Waals surface area contributed by atoms with Gasteiger partial charge in [0.2, 0.25) is 10.0 Å². The number of hydrogen-bond acceptors (Lipinski definition) is 4. The quantitative estimate of drug-likeness (QED) is 0.316. The summed E-state index contributed by atoms with van der Waals surface area (Å²) >= 11 is 0. The topological polar surface area (TPSA) is 68.1 Å². The average molecular weight is 525 g/mol. The molecule has 0 radical (unpaired) electrons. The summed E-state index contributed by atoms with van der Waals surface area (Å²) in [7, 11) is -3.66. The standard InChI is InChI=1S/C30H25FN4O2S/c1-20-14-28-22(16-33-35(28)24-11-9-23(31)10-12-24)15-26(20)30-19-34(38(36,37)25-8-5-13-32-17-25)18-27(30)29(30)21-6-3-2-4-7-21/h2-17,27,29H,18-19H2,1H3/t27-,29-,30+/m1/s1. The largest absolute Gasteiger partial charge is 0.263 e. The van der Waals surface area contributed by atoms with Gasteiger partial charge < -0.3 is 0 Å². The Hall–Kier alpha value is -3.88. The van der Waals surface area contributed by atoms with Crippen molar-refractivity contribution in [2.24, 2.45) is 5.92 Å². The zero-order valence-electron chi connectivity index (χ0n) is 20.7. The lowest BCUT2D eigenvalue weighted by Crippen LogP contribution is -2.34. The van der Waals surface area contributed by atoms with Crippen molar-refractivity contribution in [3.63, 3.8) is 0 Å². The van der Waals surface area contributed by atoms with Crippen LogP contribution in [0.15, 0.2) is 102 Å². The predicted molar refractivity (Wildman–Crippen MR) is 143 cm³/mol. The van der Waals surface area contributed by atoms with Gasteiger partial charge in [-0.05, 0) is 78.1 Å².